The molecule has 0 bridgehead atoms. The Bertz CT molecular complexity index is 636. The summed E-state index contributed by atoms with van der Waals surface area (Å²) < 4.78 is 7.32. The monoisotopic (exact) mass is 259 g/mol. The van der Waals surface area contributed by atoms with Crippen LogP contribution in [0.25, 0.3) is 5.65 Å². The summed E-state index contributed by atoms with van der Waals surface area (Å²) in [6.45, 7) is 5.62. The number of nitrogens with zero attached hydrogens (tertiary/aromatic N) is 3. The standard InChI is InChI=1S/C14H17N3O2/c1-14(2,3)19-13(18)10-6-12-16-15-8-17(12)7-11(10)9-4-5-9/h6-9H,4-5H2,1-3H3. The van der Waals surface area contributed by atoms with Gasteiger partial charge in [-0.2, -0.15) is 0 Å². The first kappa shape index (κ1) is 12.1. The molecular weight excluding hydrogens is 242 g/mol. The first-order chi connectivity index (χ1) is 8.94. The molecule has 1 saturated carbocycles. The molecule has 0 spiro atoms. The zero-order valence-corrected chi connectivity index (χ0v) is 11.4. The lowest BCUT2D eigenvalue weighted by Gasteiger charge is -2.20. The number of fused-ring (bicyclic) bond motifs is 1. The third kappa shape index (κ3) is 2.45. The van der Waals surface area contributed by atoms with Crippen LogP contribution in [0.1, 0.15) is 55.5 Å². The third-order valence-corrected chi connectivity index (χ3v) is 3.10. The van der Waals surface area contributed by atoms with Crippen molar-refractivity contribution in [1.82, 2.24) is 14.6 Å². The van der Waals surface area contributed by atoms with E-state index in [0.717, 1.165) is 18.4 Å². The van der Waals surface area contributed by atoms with E-state index in [4.69, 9.17) is 4.74 Å². The van der Waals surface area contributed by atoms with Gasteiger partial charge in [-0.15, -0.1) is 10.2 Å². The molecule has 0 aliphatic heterocycles. The molecule has 5 nitrogen and oxygen atoms in total. The normalized spacial score (nSPS) is 15.7. The Morgan fingerprint density at radius 3 is 2.79 bits per heavy atom. The Hall–Kier alpha value is -1.91. The molecule has 19 heavy (non-hydrogen) atoms. The number of aromatic nitrogens is 3. The van der Waals surface area contributed by atoms with E-state index in [1.165, 1.54) is 0 Å². The number of hydrogen-bond acceptors (Lipinski definition) is 4. The Morgan fingerprint density at radius 1 is 1.42 bits per heavy atom. The van der Waals surface area contributed by atoms with E-state index < -0.39 is 5.60 Å². The Balaban J connectivity index is 2.04. The fourth-order valence-electron chi connectivity index (χ4n) is 2.12. The summed E-state index contributed by atoms with van der Waals surface area (Å²) in [4.78, 5) is 12.3. The molecule has 2 aromatic heterocycles. The van der Waals surface area contributed by atoms with Crippen LogP contribution in [0.4, 0.5) is 0 Å². The molecular formula is C14H17N3O2. The second kappa shape index (κ2) is 4.05. The number of pyridine rings is 1. The molecule has 3 rings (SSSR count). The Labute approximate surface area is 111 Å². The lowest BCUT2D eigenvalue weighted by Crippen LogP contribution is -2.24. The molecule has 0 unspecified atom stereocenters. The highest BCUT2D eigenvalue weighted by molar-refractivity contribution is 5.92. The molecule has 0 atom stereocenters. The highest BCUT2D eigenvalue weighted by atomic mass is 16.6. The number of rotatable bonds is 2. The lowest BCUT2D eigenvalue weighted by molar-refractivity contribution is 0.00682. The molecule has 100 valence electrons. The van der Waals surface area contributed by atoms with E-state index in [2.05, 4.69) is 10.2 Å². The zero-order chi connectivity index (χ0) is 13.6. The van der Waals surface area contributed by atoms with E-state index in [1.54, 1.807) is 12.4 Å². The summed E-state index contributed by atoms with van der Waals surface area (Å²) in [5, 5.41) is 7.84. The fraction of sp³-hybridized carbons (Fsp3) is 0.500. The number of ether oxygens (including phenoxy) is 1. The molecule has 0 amide bonds. The van der Waals surface area contributed by atoms with Gasteiger partial charge in [0.05, 0.1) is 5.56 Å². The second-order valence-corrected chi connectivity index (χ2v) is 6.02. The van der Waals surface area contributed by atoms with Crippen molar-refractivity contribution in [3.63, 3.8) is 0 Å². The van der Waals surface area contributed by atoms with Crippen LogP contribution < -0.4 is 0 Å². The molecule has 0 saturated heterocycles. The molecule has 1 fully saturated rings. The number of carbonyl (C=O) groups excluding carboxylic acids is 1. The van der Waals surface area contributed by atoms with Gasteiger partial charge in [-0.25, -0.2) is 4.79 Å². The SMILES string of the molecule is CC(C)(C)OC(=O)c1cc2nncn2cc1C1CC1. The maximum atomic E-state index is 12.3. The van der Waals surface area contributed by atoms with E-state index in [-0.39, 0.29) is 5.97 Å². The van der Waals surface area contributed by atoms with Crippen molar-refractivity contribution < 1.29 is 9.53 Å². The Kier molecular flexibility index (Phi) is 2.59. The highest BCUT2D eigenvalue weighted by Gasteiger charge is 2.30. The quantitative estimate of drug-likeness (QED) is 0.778. The molecule has 0 N–H and O–H groups in total. The van der Waals surface area contributed by atoms with E-state index in [1.807, 2.05) is 31.4 Å². The highest BCUT2D eigenvalue weighted by Crippen LogP contribution is 2.42. The van der Waals surface area contributed by atoms with Crippen LogP contribution >= 0.6 is 0 Å². The first-order valence-corrected chi connectivity index (χ1v) is 6.51. The van der Waals surface area contributed by atoms with Crippen molar-refractivity contribution in [2.45, 2.75) is 45.1 Å². The topological polar surface area (TPSA) is 56.5 Å². The van der Waals surface area contributed by atoms with Crippen molar-refractivity contribution in [3.8, 4) is 0 Å². The van der Waals surface area contributed by atoms with Crippen molar-refractivity contribution >= 4 is 11.6 Å². The van der Waals surface area contributed by atoms with Gasteiger partial charge < -0.3 is 4.74 Å². The predicted octanol–water partition coefficient (Wildman–Crippen LogP) is 2.56. The smallest absolute Gasteiger partial charge is 0.339 e. The lowest BCUT2D eigenvalue weighted by atomic mass is 10.1. The maximum absolute atomic E-state index is 12.3. The summed E-state index contributed by atoms with van der Waals surface area (Å²) in [6.07, 6.45) is 5.86. The molecule has 2 aromatic rings. The number of carbonyl (C=O) groups is 1. The van der Waals surface area contributed by atoms with Crippen molar-refractivity contribution in [1.29, 1.82) is 0 Å². The van der Waals surface area contributed by atoms with Gasteiger partial charge in [0.15, 0.2) is 5.65 Å². The van der Waals surface area contributed by atoms with E-state index >= 15 is 0 Å². The summed E-state index contributed by atoms with van der Waals surface area (Å²) in [5.74, 6) is 0.189. The predicted molar refractivity (Wildman–Crippen MR) is 70.1 cm³/mol. The fourth-order valence-corrected chi connectivity index (χ4v) is 2.12. The van der Waals surface area contributed by atoms with Crippen LogP contribution in [0.5, 0.6) is 0 Å². The van der Waals surface area contributed by atoms with Gasteiger partial charge in [0.25, 0.3) is 0 Å². The van der Waals surface area contributed by atoms with Gasteiger partial charge in [-0.1, -0.05) is 0 Å². The third-order valence-electron chi connectivity index (χ3n) is 3.10. The molecule has 5 heteroatoms. The maximum Gasteiger partial charge on any atom is 0.339 e. The number of hydrogen-bond donors (Lipinski definition) is 0. The van der Waals surface area contributed by atoms with Crippen molar-refractivity contribution in [2.75, 3.05) is 0 Å². The molecule has 0 aromatic carbocycles. The van der Waals surface area contributed by atoms with Gasteiger partial charge in [0.2, 0.25) is 0 Å². The van der Waals surface area contributed by atoms with Gasteiger partial charge in [-0.05, 0) is 51.2 Å². The molecule has 1 aliphatic carbocycles. The minimum atomic E-state index is -0.488. The molecule has 1 aliphatic rings. The van der Waals surface area contributed by atoms with Crippen molar-refractivity contribution in [3.05, 3.63) is 29.7 Å². The van der Waals surface area contributed by atoms with Crippen LogP contribution in [0, 0.1) is 0 Å². The molecule has 0 radical (unpaired) electrons. The number of esters is 1. The van der Waals surface area contributed by atoms with Crippen LogP contribution in [0.3, 0.4) is 0 Å². The summed E-state index contributed by atoms with van der Waals surface area (Å²) >= 11 is 0. The second-order valence-electron chi connectivity index (χ2n) is 6.02. The largest absolute Gasteiger partial charge is 0.456 e. The average molecular weight is 259 g/mol. The average Bonchev–Trinajstić information content (AvgIpc) is 3.04. The van der Waals surface area contributed by atoms with Crippen LogP contribution in [-0.4, -0.2) is 26.2 Å². The van der Waals surface area contributed by atoms with Crippen LogP contribution in [-0.2, 0) is 4.74 Å². The van der Waals surface area contributed by atoms with Gasteiger partial charge in [0, 0.05) is 6.20 Å². The minimum absolute atomic E-state index is 0.278. The van der Waals surface area contributed by atoms with Crippen molar-refractivity contribution in [2.24, 2.45) is 0 Å². The van der Waals surface area contributed by atoms with E-state index in [0.29, 0.717) is 17.1 Å². The van der Waals surface area contributed by atoms with E-state index in [9.17, 15) is 4.79 Å². The summed E-state index contributed by atoms with van der Waals surface area (Å²) in [5.41, 5.74) is 1.85. The summed E-state index contributed by atoms with van der Waals surface area (Å²) in [6, 6.07) is 1.77. The van der Waals surface area contributed by atoms with Gasteiger partial charge in [0.1, 0.15) is 11.9 Å². The van der Waals surface area contributed by atoms with Gasteiger partial charge >= 0.3 is 5.97 Å². The first-order valence-electron chi connectivity index (χ1n) is 6.51. The molecule has 2 heterocycles. The summed E-state index contributed by atoms with van der Waals surface area (Å²) in [7, 11) is 0. The van der Waals surface area contributed by atoms with Crippen LogP contribution in [0.2, 0.25) is 0 Å². The zero-order valence-electron chi connectivity index (χ0n) is 11.4. The Morgan fingerprint density at radius 2 is 2.16 bits per heavy atom. The minimum Gasteiger partial charge on any atom is -0.456 e. The van der Waals surface area contributed by atoms with Crippen LogP contribution in [0.15, 0.2) is 18.6 Å². The van der Waals surface area contributed by atoms with Gasteiger partial charge in [-0.3, -0.25) is 4.40 Å².